The van der Waals surface area contributed by atoms with Crippen LogP contribution in [0.1, 0.15) is 5.82 Å². The first-order chi connectivity index (χ1) is 13.2. The van der Waals surface area contributed by atoms with E-state index < -0.39 is 0 Å². The van der Waals surface area contributed by atoms with Crippen molar-refractivity contribution in [3.8, 4) is 6.07 Å². The molecule has 0 atom stereocenters. The maximum Gasteiger partial charge on any atom is 0.152 e. The zero-order valence-electron chi connectivity index (χ0n) is 15.0. The van der Waals surface area contributed by atoms with Gasteiger partial charge < -0.3 is 15.0 Å². The van der Waals surface area contributed by atoms with E-state index in [0.29, 0.717) is 12.4 Å². The molecule has 2 heterocycles. The van der Waals surface area contributed by atoms with Crippen molar-refractivity contribution in [3.63, 3.8) is 0 Å². The third kappa shape index (κ3) is 3.64. The zero-order chi connectivity index (χ0) is 18.6. The highest BCUT2D eigenvalue weighted by molar-refractivity contribution is 5.82. The van der Waals surface area contributed by atoms with Gasteiger partial charge in [0.1, 0.15) is 17.4 Å². The number of rotatable bonds is 4. The molecule has 6 heteroatoms. The molecule has 1 aromatic heterocycles. The second-order valence-electron chi connectivity index (χ2n) is 6.63. The van der Waals surface area contributed by atoms with E-state index in [1.165, 1.54) is 5.69 Å². The Balaban J connectivity index is 1.46. The Morgan fingerprint density at radius 2 is 1.74 bits per heavy atom. The number of hydrogen-bond donors (Lipinski definition) is 2. The SMILES string of the molecule is N#C/C(=C(/O)CN1CCN(c2ccccc2)CC1)c1nc2ccccc2[nH]1. The van der Waals surface area contributed by atoms with Crippen molar-refractivity contribution in [1.29, 1.82) is 5.26 Å². The molecular formula is C21H21N5O. The van der Waals surface area contributed by atoms with Gasteiger partial charge in [-0.25, -0.2) is 4.98 Å². The first kappa shape index (κ1) is 17.1. The third-order valence-corrected chi connectivity index (χ3v) is 4.89. The van der Waals surface area contributed by atoms with Gasteiger partial charge >= 0.3 is 0 Å². The second kappa shape index (κ2) is 7.52. The summed E-state index contributed by atoms with van der Waals surface area (Å²) < 4.78 is 0. The Hall–Kier alpha value is -3.30. The van der Waals surface area contributed by atoms with Crippen LogP contribution >= 0.6 is 0 Å². The van der Waals surface area contributed by atoms with Crippen molar-refractivity contribution in [2.24, 2.45) is 0 Å². The number of hydrogen-bond acceptors (Lipinski definition) is 5. The molecule has 27 heavy (non-hydrogen) atoms. The van der Waals surface area contributed by atoms with Crippen LogP contribution in [0.5, 0.6) is 0 Å². The molecule has 0 unspecified atom stereocenters. The Kier molecular flexibility index (Phi) is 4.77. The van der Waals surface area contributed by atoms with Gasteiger partial charge in [0.05, 0.1) is 17.6 Å². The van der Waals surface area contributed by atoms with Gasteiger partial charge in [-0.1, -0.05) is 30.3 Å². The van der Waals surface area contributed by atoms with Gasteiger partial charge in [0, 0.05) is 31.9 Å². The van der Waals surface area contributed by atoms with E-state index in [2.05, 4.69) is 38.0 Å². The van der Waals surface area contributed by atoms with Crippen LogP contribution in [0.2, 0.25) is 0 Å². The highest BCUT2D eigenvalue weighted by Gasteiger charge is 2.20. The van der Waals surface area contributed by atoms with E-state index in [0.717, 1.165) is 37.2 Å². The minimum Gasteiger partial charge on any atom is -0.509 e. The molecule has 2 N–H and O–H groups in total. The van der Waals surface area contributed by atoms with Crippen LogP contribution in [0, 0.1) is 11.3 Å². The van der Waals surface area contributed by atoms with Gasteiger partial charge in [0.25, 0.3) is 0 Å². The number of allylic oxidation sites excluding steroid dienone is 1. The molecule has 1 aliphatic rings. The number of benzene rings is 2. The average molecular weight is 359 g/mol. The molecule has 136 valence electrons. The van der Waals surface area contributed by atoms with Crippen LogP contribution in [-0.2, 0) is 0 Å². The largest absolute Gasteiger partial charge is 0.509 e. The van der Waals surface area contributed by atoms with Crippen molar-refractivity contribution in [2.45, 2.75) is 0 Å². The minimum atomic E-state index is 0.0599. The van der Waals surface area contributed by atoms with Gasteiger partial charge in [0.2, 0.25) is 0 Å². The third-order valence-electron chi connectivity index (χ3n) is 4.89. The van der Waals surface area contributed by atoms with Crippen LogP contribution in [0.4, 0.5) is 5.69 Å². The topological polar surface area (TPSA) is 79.2 Å². The van der Waals surface area contributed by atoms with E-state index >= 15 is 0 Å². The Morgan fingerprint density at radius 1 is 1.04 bits per heavy atom. The minimum absolute atomic E-state index is 0.0599. The number of nitriles is 1. The smallest absolute Gasteiger partial charge is 0.152 e. The quantitative estimate of drug-likeness (QED) is 0.552. The average Bonchev–Trinajstić information content (AvgIpc) is 3.13. The normalized spacial score (nSPS) is 16.2. The lowest BCUT2D eigenvalue weighted by atomic mass is 10.2. The summed E-state index contributed by atoms with van der Waals surface area (Å²) in [6, 6.07) is 20.0. The Morgan fingerprint density at radius 3 is 2.44 bits per heavy atom. The molecule has 0 bridgehead atoms. The monoisotopic (exact) mass is 359 g/mol. The summed E-state index contributed by atoms with van der Waals surface area (Å²) in [6.07, 6.45) is 0. The van der Waals surface area contributed by atoms with Crippen molar-refractivity contribution in [1.82, 2.24) is 14.9 Å². The molecule has 0 spiro atoms. The molecule has 0 radical (unpaired) electrons. The molecule has 2 aromatic carbocycles. The Bertz CT molecular complexity index is 961. The van der Waals surface area contributed by atoms with Gasteiger partial charge in [0.15, 0.2) is 5.82 Å². The predicted molar refractivity (Wildman–Crippen MR) is 106 cm³/mol. The molecule has 0 amide bonds. The number of anilines is 1. The summed E-state index contributed by atoms with van der Waals surface area (Å²) in [5, 5.41) is 20.1. The molecule has 1 saturated heterocycles. The number of aromatic nitrogens is 2. The van der Waals surface area contributed by atoms with E-state index in [-0.39, 0.29) is 11.3 Å². The van der Waals surface area contributed by atoms with Gasteiger partial charge in [-0.15, -0.1) is 0 Å². The fourth-order valence-corrected chi connectivity index (χ4v) is 3.42. The van der Waals surface area contributed by atoms with Crippen molar-refractivity contribution < 1.29 is 5.11 Å². The number of nitrogens with zero attached hydrogens (tertiary/aromatic N) is 4. The standard InChI is InChI=1S/C21H21N5O/c22-14-17(21-23-18-8-4-5-9-19(18)24-21)20(27)15-25-10-12-26(13-11-25)16-6-2-1-3-7-16/h1-9,27H,10-13,15H2,(H,23,24)/b20-17-. The number of para-hydroxylation sites is 3. The van der Waals surface area contributed by atoms with Crippen LogP contribution in [-0.4, -0.2) is 52.7 Å². The number of nitrogens with one attached hydrogen (secondary N) is 1. The highest BCUT2D eigenvalue weighted by Crippen LogP contribution is 2.20. The maximum atomic E-state index is 10.6. The zero-order valence-corrected chi connectivity index (χ0v) is 15.0. The molecular weight excluding hydrogens is 338 g/mol. The lowest BCUT2D eigenvalue weighted by Gasteiger charge is -2.35. The number of aromatic amines is 1. The fraction of sp³-hybridized carbons (Fsp3) is 0.238. The van der Waals surface area contributed by atoms with Crippen LogP contribution < -0.4 is 4.90 Å². The van der Waals surface area contributed by atoms with Gasteiger partial charge in [-0.2, -0.15) is 5.26 Å². The van der Waals surface area contributed by atoms with Gasteiger partial charge in [-0.05, 0) is 24.3 Å². The van der Waals surface area contributed by atoms with Crippen molar-refractivity contribution >= 4 is 22.3 Å². The highest BCUT2D eigenvalue weighted by atomic mass is 16.3. The predicted octanol–water partition coefficient (Wildman–Crippen LogP) is 3.18. The molecule has 1 fully saturated rings. The van der Waals surface area contributed by atoms with Crippen molar-refractivity contribution in [3.05, 3.63) is 66.2 Å². The first-order valence-electron chi connectivity index (χ1n) is 9.04. The summed E-state index contributed by atoms with van der Waals surface area (Å²) in [6.45, 7) is 3.80. The number of fused-ring (bicyclic) bond motifs is 1. The molecule has 1 aliphatic heterocycles. The molecule has 3 aromatic rings. The number of H-pyrrole nitrogens is 1. The summed E-state index contributed by atoms with van der Waals surface area (Å²) >= 11 is 0. The second-order valence-corrected chi connectivity index (χ2v) is 6.63. The molecule has 0 saturated carbocycles. The van der Waals surface area contributed by atoms with Crippen LogP contribution in [0.15, 0.2) is 60.4 Å². The summed E-state index contributed by atoms with van der Waals surface area (Å²) in [5.74, 6) is 0.476. The van der Waals surface area contributed by atoms with Crippen LogP contribution in [0.25, 0.3) is 16.6 Å². The van der Waals surface area contributed by atoms with Crippen LogP contribution in [0.3, 0.4) is 0 Å². The lowest BCUT2D eigenvalue weighted by Crippen LogP contribution is -2.47. The summed E-state index contributed by atoms with van der Waals surface area (Å²) in [5.41, 5.74) is 3.06. The molecule has 0 aliphatic carbocycles. The summed E-state index contributed by atoms with van der Waals surface area (Å²) in [4.78, 5) is 12.0. The van der Waals surface area contributed by atoms with Crippen molar-refractivity contribution in [2.75, 3.05) is 37.6 Å². The number of aliphatic hydroxyl groups excluding tert-OH is 1. The van der Waals surface area contributed by atoms with Gasteiger partial charge in [-0.3, -0.25) is 4.90 Å². The lowest BCUT2D eigenvalue weighted by molar-refractivity contribution is 0.239. The molecule has 6 nitrogen and oxygen atoms in total. The number of piperazine rings is 1. The van der Waals surface area contributed by atoms with E-state index in [4.69, 9.17) is 0 Å². The fourth-order valence-electron chi connectivity index (χ4n) is 3.42. The van der Waals surface area contributed by atoms with E-state index in [1.807, 2.05) is 42.5 Å². The van der Waals surface area contributed by atoms with E-state index in [9.17, 15) is 10.4 Å². The summed E-state index contributed by atoms with van der Waals surface area (Å²) in [7, 11) is 0. The Labute approximate surface area is 158 Å². The van der Waals surface area contributed by atoms with E-state index in [1.54, 1.807) is 0 Å². The maximum absolute atomic E-state index is 10.6. The number of imidazole rings is 1. The number of aliphatic hydroxyl groups is 1. The first-order valence-corrected chi connectivity index (χ1v) is 9.04. The molecule has 4 rings (SSSR count).